The van der Waals surface area contributed by atoms with E-state index in [9.17, 15) is 4.79 Å². The number of likely N-dealkylation sites (N-methyl/N-ethyl adjacent to an activating group) is 1. The molecule has 1 aliphatic rings. The minimum Gasteiger partial charge on any atom is -0.315 e. The molecule has 2 nitrogen and oxygen atoms in total. The van der Waals surface area contributed by atoms with Crippen LogP contribution < -0.4 is 4.90 Å². The Bertz CT molecular complexity index is 344. The van der Waals surface area contributed by atoms with Gasteiger partial charge in [-0.1, -0.05) is 31.5 Å². The highest BCUT2D eigenvalue weighted by molar-refractivity contribution is 6.00. The summed E-state index contributed by atoms with van der Waals surface area (Å²) in [5.41, 5.74) is 3.44. The third kappa shape index (κ3) is 1.79. The summed E-state index contributed by atoms with van der Waals surface area (Å²) >= 11 is 0. The van der Waals surface area contributed by atoms with E-state index in [2.05, 4.69) is 6.07 Å². The second-order valence-corrected chi connectivity index (χ2v) is 3.26. The van der Waals surface area contributed by atoms with Crippen molar-refractivity contribution in [1.82, 2.24) is 0 Å². The third-order valence-corrected chi connectivity index (χ3v) is 2.31. The zero-order chi connectivity index (χ0) is 10.7. The van der Waals surface area contributed by atoms with Crippen molar-refractivity contribution in [3.05, 3.63) is 29.3 Å². The Labute approximate surface area is 85.5 Å². The minimum absolute atomic E-state index is 0.190. The number of benzene rings is 1. The molecule has 0 aliphatic carbocycles. The van der Waals surface area contributed by atoms with E-state index in [1.807, 2.05) is 40.0 Å². The number of carbonyl (C=O) groups is 1. The molecule has 0 saturated carbocycles. The molecule has 1 amide bonds. The number of rotatable bonds is 0. The van der Waals surface area contributed by atoms with Crippen LogP contribution in [0, 0.1) is 6.92 Å². The van der Waals surface area contributed by atoms with E-state index >= 15 is 0 Å². The maximum Gasteiger partial charge on any atom is 0.231 e. The van der Waals surface area contributed by atoms with Crippen LogP contribution in [0.25, 0.3) is 0 Å². The summed E-state index contributed by atoms with van der Waals surface area (Å²) in [6.07, 6.45) is 0.563. The van der Waals surface area contributed by atoms with Gasteiger partial charge in [-0.15, -0.1) is 0 Å². The molecule has 1 aromatic rings. The van der Waals surface area contributed by atoms with Crippen LogP contribution in [0.15, 0.2) is 18.2 Å². The summed E-state index contributed by atoms with van der Waals surface area (Å²) in [7, 11) is 1.82. The standard InChI is InChI=1S/C10H11NO.C2H6/c1-7-3-4-9-8(5-7)6-10(12)11(9)2;1-2/h3-5H,6H2,1-2H3;1-2H3. The molecule has 2 heteroatoms. The molecule has 14 heavy (non-hydrogen) atoms. The molecule has 1 aromatic carbocycles. The Balaban J connectivity index is 0.000000461. The molecule has 0 radical (unpaired) electrons. The van der Waals surface area contributed by atoms with Crippen LogP contribution in [-0.2, 0) is 11.2 Å². The molecule has 0 atom stereocenters. The fourth-order valence-electron chi connectivity index (χ4n) is 1.60. The largest absolute Gasteiger partial charge is 0.315 e. The Morgan fingerprint density at radius 2 is 1.93 bits per heavy atom. The quantitative estimate of drug-likeness (QED) is 0.617. The number of anilines is 1. The molecule has 0 aromatic heterocycles. The molecule has 0 bridgehead atoms. The number of aryl methyl sites for hydroxylation is 1. The summed E-state index contributed by atoms with van der Waals surface area (Å²) in [4.78, 5) is 13.0. The van der Waals surface area contributed by atoms with Gasteiger partial charge in [0, 0.05) is 12.7 Å². The fourth-order valence-corrected chi connectivity index (χ4v) is 1.60. The van der Waals surface area contributed by atoms with Gasteiger partial charge in [0.2, 0.25) is 5.91 Å². The van der Waals surface area contributed by atoms with Gasteiger partial charge in [-0.05, 0) is 18.6 Å². The van der Waals surface area contributed by atoms with Crippen molar-refractivity contribution in [3.8, 4) is 0 Å². The molecule has 1 heterocycles. The van der Waals surface area contributed by atoms with E-state index in [0.29, 0.717) is 6.42 Å². The van der Waals surface area contributed by atoms with Crippen molar-refractivity contribution in [3.63, 3.8) is 0 Å². The van der Waals surface area contributed by atoms with Gasteiger partial charge in [0.25, 0.3) is 0 Å². The Morgan fingerprint density at radius 1 is 1.29 bits per heavy atom. The highest BCUT2D eigenvalue weighted by atomic mass is 16.2. The van der Waals surface area contributed by atoms with Gasteiger partial charge < -0.3 is 4.90 Å². The average molecular weight is 191 g/mol. The van der Waals surface area contributed by atoms with Gasteiger partial charge in [-0.25, -0.2) is 0 Å². The van der Waals surface area contributed by atoms with Gasteiger partial charge >= 0.3 is 0 Å². The van der Waals surface area contributed by atoms with Crippen LogP contribution in [0.4, 0.5) is 5.69 Å². The maximum absolute atomic E-state index is 11.3. The van der Waals surface area contributed by atoms with Crippen LogP contribution in [0.2, 0.25) is 0 Å². The first-order valence-electron chi connectivity index (χ1n) is 5.04. The number of hydrogen-bond acceptors (Lipinski definition) is 1. The lowest BCUT2D eigenvalue weighted by Crippen LogP contribution is -2.20. The van der Waals surface area contributed by atoms with Gasteiger partial charge in [-0.3, -0.25) is 4.79 Å². The lowest BCUT2D eigenvalue weighted by molar-refractivity contribution is -0.117. The molecular formula is C12H17NO. The first-order chi connectivity index (χ1) is 6.68. The van der Waals surface area contributed by atoms with E-state index in [-0.39, 0.29) is 5.91 Å². The first kappa shape index (κ1) is 10.8. The molecular weight excluding hydrogens is 174 g/mol. The monoisotopic (exact) mass is 191 g/mol. The lowest BCUT2D eigenvalue weighted by Gasteiger charge is -2.09. The number of amides is 1. The summed E-state index contributed by atoms with van der Waals surface area (Å²) in [6.45, 7) is 6.04. The SMILES string of the molecule is CC.Cc1ccc2c(c1)CC(=O)N2C. The zero-order valence-corrected chi connectivity index (χ0v) is 9.29. The number of nitrogens with zero attached hydrogens (tertiary/aromatic N) is 1. The second kappa shape index (κ2) is 4.27. The van der Waals surface area contributed by atoms with Gasteiger partial charge in [-0.2, -0.15) is 0 Å². The summed E-state index contributed by atoms with van der Waals surface area (Å²) < 4.78 is 0. The number of fused-ring (bicyclic) bond motifs is 1. The topological polar surface area (TPSA) is 20.3 Å². The molecule has 0 unspecified atom stereocenters. The van der Waals surface area contributed by atoms with Crippen molar-refractivity contribution >= 4 is 11.6 Å². The summed E-state index contributed by atoms with van der Waals surface area (Å²) in [6, 6.07) is 6.13. The predicted octanol–water partition coefficient (Wildman–Crippen LogP) is 2.54. The summed E-state index contributed by atoms with van der Waals surface area (Å²) in [5, 5.41) is 0. The van der Waals surface area contributed by atoms with E-state index in [0.717, 1.165) is 11.3 Å². The van der Waals surface area contributed by atoms with E-state index < -0.39 is 0 Å². The maximum atomic E-state index is 11.3. The van der Waals surface area contributed by atoms with Crippen LogP contribution >= 0.6 is 0 Å². The minimum atomic E-state index is 0.190. The van der Waals surface area contributed by atoms with E-state index in [4.69, 9.17) is 0 Å². The van der Waals surface area contributed by atoms with Gasteiger partial charge in [0.15, 0.2) is 0 Å². The van der Waals surface area contributed by atoms with Crippen LogP contribution in [0.1, 0.15) is 25.0 Å². The van der Waals surface area contributed by atoms with E-state index in [1.165, 1.54) is 5.56 Å². The van der Waals surface area contributed by atoms with Gasteiger partial charge in [0.1, 0.15) is 0 Å². The smallest absolute Gasteiger partial charge is 0.231 e. The first-order valence-corrected chi connectivity index (χ1v) is 5.04. The molecule has 2 rings (SSSR count). The number of carbonyl (C=O) groups excluding carboxylic acids is 1. The van der Waals surface area contributed by atoms with Crippen LogP contribution in [-0.4, -0.2) is 13.0 Å². The van der Waals surface area contributed by atoms with Crippen LogP contribution in [0.5, 0.6) is 0 Å². The van der Waals surface area contributed by atoms with Crippen LogP contribution in [0.3, 0.4) is 0 Å². The third-order valence-electron chi connectivity index (χ3n) is 2.31. The Hall–Kier alpha value is -1.31. The van der Waals surface area contributed by atoms with Gasteiger partial charge in [0.05, 0.1) is 6.42 Å². The highest BCUT2D eigenvalue weighted by Crippen LogP contribution is 2.27. The lowest BCUT2D eigenvalue weighted by atomic mass is 10.1. The molecule has 0 spiro atoms. The van der Waals surface area contributed by atoms with Crippen molar-refractivity contribution in [2.24, 2.45) is 0 Å². The molecule has 0 fully saturated rings. The summed E-state index contributed by atoms with van der Waals surface area (Å²) in [5.74, 6) is 0.190. The normalized spacial score (nSPS) is 13.4. The molecule has 0 N–H and O–H groups in total. The van der Waals surface area contributed by atoms with E-state index in [1.54, 1.807) is 4.90 Å². The predicted molar refractivity (Wildman–Crippen MR) is 59.6 cm³/mol. The number of hydrogen-bond donors (Lipinski definition) is 0. The Kier molecular flexibility index (Phi) is 3.28. The average Bonchev–Trinajstić information content (AvgIpc) is 2.45. The Morgan fingerprint density at radius 3 is 2.57 bits per heavy atom. The second-order valence-electron chi connectivity index (χ2n) is 3.26. The van der Waals surface area contributed by atoms with Crippen molar-refractivity contribution in [2.45, 2.75) is 27.2 Å². The van der Waals surface area contributed by atoms with Crippen molar-refractivity contribution in [1.29, 1.82) is 0 Å². The van der Waals surface area contributed by atoms with Crippen molar-refractivity contribution in [2.75, 3.05) is 11.9 Å². The molecule has 1 aliphatic heterocycles. The van der Waals surface area contributed by atoms with Crippen molar-refractivity contribution < 1.29 is 4.79 Å². The highest BCUT2D eigenvalue weighted by Gasteiger charge is 2.23. The fraction of sp³-hybridized carbons (Fsp3) is 0.417. The zero-order valence-electron chi connectivity index (χ0n) is 9.29. The molecule has 76 valence electrons. The molecule has 0 saturated heterocycles.